The van der Waals surface area contributed by atoms with Gasteiger partial charge in [0.1, 0.15) is 11.5 Å². The fourth-order valence-electron chi connectivity index (χ4n) is 3.23. The average Bonchev–Trinajstić information content (AvgIpc) is 3.32. The minimum Gasteiger partial charge on any atom is -0.374 e. The summed E-state index contributed by atoms with van der Waals surface area (Å²) in [4.78, 5) is 12.1. The summed E-state index contributed by atoms with van der Waals surface area (Å²) in [6, 6.07) is 8.80. The lowest BCUT2D eigenvalue weighted by Gasteiger charge is -2.11. The monoisotopic (exact) mass is 443 g/mol. The second-order valence-electron chi connectivity index (χ2n) is 7.16. The van der Waals surface area contributed by atoms with Gasteiger partial charge in [-0.15, -0.1) is 0 Å². The Morgan fingerprint density at radius 2 is 1.87 bits per heavy atom. The van der Waals surface area contributed by atoms with E-state index in [1.807, 2.05) is 6.92 Å². The molecule has 1 aromatic carbocycles. The highest BCUT2D eigenvalue weighted by atomic mass is 32.2. The summed E-state index contributed by atoms with van der Waals surface area (Å²) in [5, 5.41) is 0. The van der Waals surface area contributed by atoms with Crippen molar-refractivity contribution in [3.05, 3.63) is 72.4 Å². The summed E-state index contributed by atoms with van der Waals surface area (Å²) in [6.07, 6.45) is 3.97. The van der Waals surface area contributed by atoms with Crippen molar-refractivity contribution in [1.82, 2.24) is 18.9 Å². The van der Waals surface area contributed by atoms with E-state index in [0.717, 1.165) is 15.9 Å². The summed E-state index contributed by atoms with van der Waals surface area (Å²) < 4.78 is 57.5. The van der Waals surface area contributed by atoms with E-state index in [4.69, 9.17) is 0 Å². The molecule has 0 aliphatic rings. The first-order chi connectivity index (χ1) is 14.7. The summed E-state index contributed by atoms with van der Waals surface area (Å²) in [5.74, 6) is -1.33. The van der Waals surface area contributed by atoms with Gasteiger partial charge in [-0.3, -0.25) is 0 Å². The first-order valence-corrected chi connectivity index (χ1v) is 10.7. The Kier molecular flexibility index (Phi) is 5.10. The maximum Gasteiger partial charge on any atom is 0.268 e. The third kappa shape index (κ3) is 3.59. The maximum absolute atomic E-state index is 15.3. The standard InChI is InChI=1S/C21H19F2N5O2S/c1-13-11-25-21(26-13)14-6-4-7-15(10-14)31(29,30)28-12-17(27(2)3)18(22)19(28)16-8-5-9-24-20(16)23/h4-12H,1-3H3,(H,25,26). The van der Waals surface area contributed by atoms with Crippen molar-refractivity contribution in [3.63, 3.8) is 0 Å². The van der Waals surface area contributed by atoms with Crippen LogP contribution in [0.5, 0.6) is 0 Å². The molecule has 0 amide bonds. The van der Waals surface area contributed by atoms with E-state index in [9.17, 15) is 12.8 Å². The molecule has 0 bridgehead atoms. The lowest BCUT2D eigenvalue weighted by atomic mass is 10.2. The van der Waals surface area contributed by atoms with Crippen molar-refractivity contribution < 1.29 is 17.2 Å². The number of imidazole rings is 1. The number of benzene rings is 1. The van der Waals surface area contributed by atoms with Crippen molar-refractivity contribution in [1.29, 1.82) is 0 Å². The molecule has 3 aromatic heterocycles. The number of rotatable bonds is 5. The van der Waals surface area contributed by atoms with Crippen LogP contribution < -0.4 is 4.90 Å². The molecule has 4 aromatic rings. The molecule has 0 saturated heterocycles. The molecule has 3 heterocycles. The number of nitrogens with zero attached hydrogens (tertiary/aromatic N) is 4. The molecule has 0 aliphatic heterocycles. The van der Waals surface area contributed by atoms with E-state index in [0.29, 0.717) is 11.4 Å². The molecule has 31 heavy (non-hydrogen) atoms. The minimum atomic E-state index is -4.28. The Labute approximate surface area is 178 Å². The van der Waals surface area contributed by atoms with Gasteiger partial charge < -0.3 is 9.88 Å². The Bertz CT molecular complexity index is 1380. The van der Waals surface area contributed by atoms with E-state index in [2.05, 4.69) is 15.0 Å². The van der Waals surface area contributed by atoms with Crippen LogP contribution in [-0.4, -0.2) is 41.4 Å². The molecule has 1 N–H and O–H groups in total. The molecule has 10 heteroatoms. The van der Waals surface area contributed by atoms with E-state index < -0.39 is 27.5 Å². The van der Waals surface area contributed by atoms with Gasteiger partial charge in [-0.2, -0.15) is 4.39 Å². The number of aromatic amines is 1. The highest BCUT2D eigenvalue weighted by Gasteiger charge is 2.29. The quantitative estimate of drug-likeness (QED) is 0.474. The number of halogens is 2. The Hall–Kier alpha value is -3.53. The predicted molar refractivity (Wildman–Crippen MR) is 113 cm³/mol. The third-order valence-corrected chi connectivity index (χ3v) is 6.41. The Morgan fingerprint density at radius 1 is 1.10 bits per heavy atom. The second kappa shape index (κ2) is 7.62. The first-order valence-electron chi connectivity index (χ1n) is 9.27. The van der Waals surface area contributed by atoms with Crippen LogP contribution in [-0.2, 0) is 10.0 Å². The van der Waals surface area contributed by atoms with Crippen LogP contribution in [0, 0.1) is 18.7 Å². The van der Waals surface area contributed by atoms with E-state index in [1.54, 1.807) is 32.4 Å². The van der Waals surface area contributed by atoms with Crippen LogP contribution in [0.25, 0.3) is 22.6 Å². The molecule has 7 nitrogen and oxygen atoms in total. The van der Waals surface area contributed by atoms with Crippen LogP contribution in [0.4, 0.5) is 14.5 Å². The van der Waals surface area contributed by atoms with Gasteiger partial charge in [0.15, 0.2) is 5.82 Å². The van der Waals surface area contributed by atoms with Crippen LogP contribution in [0.3, 0.4) is 0 Å². The van der Waals surface area contributed by atoms with Crippen LogP contribution in [0.1, 0.15) is 5.69 Å². The number of hydrogen-bond donors (Lipinski definition) is 1. The molecule has 0 spiro atoms. The normalized spacial score (nSPS) is 11.6. The fraction of sp³-hybridized carbons (Fsp3) is 0.143. The van der Waals surface area contributed by atoms with Crippen LogP contribution >= 0.6 is 0 Å². The van der Waals surface area contributed by atoms with Gasteiger partial charge in [0.2, 0.25) is 5.95 Å². The molecule has 160 valence electrons. The van der Waals surface area contributed by atoms with E-state index in [1.165, 1.54) is 35.4 Å². The zero-order valence-electron chi connectivity index (χ0n) is 17.0. The average molecular weight is 443 g/mol. The molecule has 0 atom stereocenters. The highest BCUT2D eigenvalue weighted by molar-refractivity contribution is 7.90. The number of nitrogens with one attached hydrogen (secondary N) is 1. The highest BCUT2D eigenvalue weighted by Crippen LogP contribution is 2.35. The van der Waals surface area contributed by atoms with Crippen molar-refractivity contribution in [2.75, 3.05) is 19.0 Å². The van der Waals surface area contributed by atoms with Gasteiger partial charge in [0.25, 0.3) is 10.0 Å². The van der Waals surface area contributed by atoms with Gasteiger partial charge in [0.05, 0.1) is 16.1 Å². The minimum absolute atomic E-state index is 0.000331. The van der Waals surface area contributed by atoms with Crippen molar-refractivity contribution >= 4 is 15.7 Å². The Morgan fingerprint density at radius 3 is 2.52 bits per heavy atom. The predicted octanol–water partition coefficient (Wildman–Crippen LogP) is 3.83. The van der Waals surface area contributed by atoms with Gasteiger partial charge in [-0.05, 0) is 31.2 Å². The molecule has 4 rings (SSSR count). The van der Waals surface area contributed by atoms with Gasteiger partial charge in [-0.1, -0.05) is 12.1 Å². The largest absolute Gasteiger partial charge is 0.374 e. The summed E-state index contributed by atoms with van der Waals surface area (Å²) in [5.41, 5.74) is 0.687. The number of H-pyrrole nitrogens is 1. The number of pyridine rings is 1. The second-order valence-corrected chi connectivity index (χ2v) is 8.97. The zero-order chi connectivity index (χ0) is 22.3. The topological polar surface area (TPSA) is 83.9 Å². The molecule has 0 fully saturated rings. The summed E-state index contributed by atoms with van der Waals surface area (Å²) in [6.45, 7) is 1.83. The molecule has 0 saturated carbocycles. The van der Waals surface area contributed by atoms with Crippen LogP contribution in [0.2, 0.25) is 0 Å². The van der Waals surface area contributed by atoms with Crippen molar-refractivity contribution in [2.24, 2.45) is 0 Å². The lowest BCUT2D eigenvalue weighted by molar-refractivity contribution is 0.577. The van der Waals surface area contributed by atoms with Crippen LogP contribution in [0.15, 0.2) is 59.9 Å². The van der Waals surface area contributed by atoms with Gasteiger partial charge >= 0.3 is 0 Å². The molecule has 0 radical (unpaired) electrons. The molecular formula is C21H19F2N5O2S. The number of anilines is 1. The maximum atomic E-state index is 15.3. The molecule has 0 aliphatic carbocycles. The smallest absolute Gasteiger partial charge is 0.268 e. The molecular weight excluding hydrogens is 424 g/mol. The number of aryl methyl sites for hydroxylation is 1. The SMILES string of the molecule is Cc1cnc(-c2cccc(S(=O)(=O)n3cc(N(C)C)c(F)c3-c3cccnc3F)c2)[nH]1. The first kappa shape index (κ1) is 20.7. The van der Waals surface area contributed by atoms with Crippen molar-refractivity contribution in [2.45, 2.75) is 11.8 Å². The third-order valence-electron chi connectivity index (χ3n) is 4.76. The van der Waals surface area contributed by atoms with Crippen molar-refractivity contribution in [3.8, 4) is 22.6 Å². The van der Waals surface area contributed by atoms with Gasteiger partial charge in [-0.25, -0.2) is 26.7 Å². The summed E-state index contributed by atoms with van der Waals surface area (Å²) >= 11 is 0. The van der Waals surface area contributed by atoms with E-state index in [-0.39, 0.29) is 16.1 Å². The number of aromatic nitrogens is 4. The Balaban J connectivity index is 1.94. The van der Waals surface area contributed by atoms with E-state index >= 15 is 4.39 Å². The zero-order valence-corrected chi connectivity index (χ0v) is 17.8. The lowest BCUT2D eigenvalue weighted by Crippen LogP contribution is -2.14. The van der Waals surface area contributed by atoms with Gasteiger partial charge in [0, 0.05) is 43.9 Å². The summed E-state index contributed by atoms with van der Waals surface area (Å²) in [7, 11) is -1.14. The fourth-order valence-corrected chi connectivity index (χ4v) is 4.64. The number of hydrogen-bond acceptors (Lipinski definition) is 5. The molecule has 0 unspecified atom stereocenters.